The van der Waals surface area contributed by atoms with Crippen molar-refractivity contribution >= 4 is 22.9 Å². The molecule has 0 radical (unpaired) electrons. The van der Waals surface area contributed by atoms with Gasteiger partial charge in [0.1, 0.15) is 11.6 Å². The highest BCUT2D eigenvalue weighted by Gasteiger charge is 2.48. The van der Waals surface area contributed by atoms with Crippen molar-refractivity contribution in [1.29, 1.82) is 0 Å². The van der Waals surface area contributed by atoms with Crippen LogP contribution >= 0.6 is 0 Å². The summed E-state index contributed by atoms with van der Waals surface area (Å²) in [7, 11) is 0. The number of benzene rings is 2. The number of amides is 1. The fraction of sp³-hybridized carbons (Fsp3) is 0.333. The zero-order valence-electron chi connectivity index (χ0n) is 20.2. The lowest BCUT2D eigenvalue weighted by molar-refractivity contribution is -0.141. The number of aromatic amines is 1. The van der Waals surface area contributed by atoms with E-state index in [9.17, 15) is 13.6 Å². The number of halogens is 3. The summed E-state index contributed by atoms with van der Waals surface area (Å²) in [6, 6.07) is 8.97. The Balaban J connectivity index is 1.20. The maximum Gasteiger partial charge on any atom is 0.273 e. The molecule has 2 aromatic heterocycles. The molecule has 2 fully saturated rings. The molecule has 0 saturated carbocycles. The summed E-state index contributed by atoms with van der Waals surface area (Å²) in [5.41, 5.74) is 2.10. The van der Waals surface area contributed by atoms with E-state index in [0.29, 0.717) is 41.2 Å². The van der Waals surface area contributed by atoms with E-state index in [4.69, 9.17) is 0 Å². The van der Waals surface area contributed by atoms with Crippen molar-refractivity contribution in [3.05, 3.63) is 60.2 Å². The van der Waals surface area contributed by atoms with E-state index in [0.717, 1.165) is 19.4 Å². The lowest BCUT2D eigenvalue weighted by atomic mass is 9.72. The van der Waals surface area contributed by atoms with Crippen molar-refractivity contribution in [2.24, 2.45) is 5.41 Å². The number of H-pyrrole nitrogens is 1. The Hall–Kier alpha value is -3.95. The summed E-state index contributed by atoms with van der Waals surface area (Å²) in [5, 5.41) is 2.83. The van der Waals surface area contributed by atoms with E-state index in [1.165, 1.54) is 31.2 Å². The van der Waals surface area contributed by atoms with Gasteiger partial charge in [-0.2, -0.15) is 0 Å². The molecule has 4 aromatic rings. The number of nitrogens with zero attached hydrogens (tertiary/aromatic N) is 4. The normalized spacial score (nSPS) is 17.2. The Morgan fingerprint density at radius 3 is 2.43 bits per heavy atom. The van der Waals surface area contributed by atoms with Crippen molar-refractivity contribution < 1.29 is 18.0 Å². The second-order valence-corrected chi connectivity index (χ2v) is 9.79. The van der Waals surface area contributed by atoms with E-state index in [2.05, 4.69) is 30.2 Å². The summed E-state index contributed by atoms with van der Waals surface area (Å²) >= 11 is 0. The minimum atomic E-state index is -2.94. The Morgan fingerprint density at radius 2 is 1.81 bits per heavy atom. The summed E-state index contributed by atoms with van der Waals surface area (Å²) < 4.78 is 43.3. The minimum absolute atomic E-state index is 0.102. The van der Waals surface area contributed by atoms with Crippen molar-refractivity contribution in [2.75, 3.05) is 24.5 Å². The van der Waals surface area contributed by atoms with Gasteiger partial charge in [0.15, 0.2) is 0 Å². The first-order valence-electron chi connectivity index (χ1n) is 12.3. The molecule has 2 aliphatic rings. The number of β-lactam (4-membered cyclic amide) rings is 1. The van der Waals surface area contributed by atoms with Gasteiger partial charge in [-0.15, -0.1) is 0 Å². The number of nitrogens with one attached hydrogen (secondary N) is 2. The molecule has 0 unspecified atom stereocenters. The molecule has 4 heterocycles. The van der Waals surface area contributed by atoms with Crippen LogP contribution in [0.4, 0.5) is 19.1 Å². The fourth-order valence-electron chi connectivity index (χ4n) is 5.04. The van der Waals surface area contributed by atoms with Crippen LogP contribution in [-0.4, -0.2) is 45.5 Å². The minimum Gasteiger partial charge on any atom is -0.354 e. The van der Waals surface area contributed by atoms with Gasteiger partial charge >= 0.3 is 0 Å². The van der Waals surface area contributed by atoms with Crippen LogP contribution in [0, 0.1) is 11.2 Å². The van der Waals surface area contributed by atoms with E-state index in [-0.39, 0.29) is 34.7 Å². The van der Waals surface area contributed by atoms with Crippen molar-refractivity contribution in [1.82, 2.24) is 25.3 Å². The molecule has 0 aliphatic carbocycles. The highest BCUT2D eigenvalue weighted by atomic mass is 19.3. The van der Waals surface area contributed by atoms with E-state index < -0.39 is 11.7 Å². The smallest absolute Gasteiger partial charge is 0.273 e. The summed E-state index contributed by atoms with van der Waals surface area (Å²) in [4.78, 5) is 30.2. The van der Waals surface area contributed by atoms with Crippen LogP contribution in [0.15, 0.2) is 48.8 Å². The molecule has 2 aliphatic heterocycles. The quantitative estimate of drug-likeness (QED) is 0.370. The van der Waals surface area contributed by atoms with Crippen LogP contribution in [-0.2, 0) is 10.7 Å². The third-order valence-corrected chi connectivity index (χ3v) is 7.62. The average molecular weight is 507 g/mol. The first kappa shape index (κ1) is 23.4. The predicted molar refractivity (Wildman–Crippen MR) is 134 cm³/mol. The standard InChI is InChI=1S/C27H25F3N6O/c1-2-27(29,30)18-4-6-21-22(12-18)35-23(34-21)19-5-3-16(11-20(19)28)17-13-31-25(32-14-17)36-9-7-26(8-10-36)15-33-24(26)37/h3-6,11-14H,2,7-10,15H2,1H3,(H,33,37)(H,34,35). The van der Waals surface area contributed by atoms with Gasteiger partial charge < -0.3 is 15.2 Å². The maximum atomic E-state index is 15.1. The molecule has 2 aromatic carbocycles. The molecule has 37 heavy (non-hydrogen) atoms. The molecule has 10 heteroatoms. The van der Waals surface area contributed by atoms with Gasteiger partial charge in [0.25, 0.3) is 5.92 Å². The zero-order valence-corrected chi connectivity index (χ0v) is 20.2. The first-order chi connectivity index (χ1) is 17.8. The predicted octanol–water partition coefficient (Wildman–Crippen LogP) is 5.04. The second kappa shape index (κ2) is 8.57. The van der Waals surface area contributed by atoms with Gasteiger partial charge in [0.2, 0.25) is 11.9 Å². The fourth-order valence-corrected chi connectivity index (χ4v) is 5.04. The SMILES string of the molecule is CCC(F)(F)c1ccc2nc(-c3ccc(-c4cnc(N5CCC6(CC5)CNC6=O)nc4)cc3F)[nH]c2c1. The first-order valence-corrected chi connectivity index (χ1v) is 12.3. The molecule has 2 N–H and O–H groups in total. The molecule has 7 nitrogen and oxygen atoms in total. The van der Waals surface area contributed by atoms with Gasteiger partial charge in [-0.1, -0.05) is 19.1 Å². The molecule has 190 valence electrons. The Labute approximate surface area is 211 Å². The molecular formula is C27H25F3N6O. The largest absolute Gasteiger partial charge is 0.354 e. The average Bonchev–Trinajstić information content (AvgIpc) is 3.35. The number of alkyl halides is 2. The van der Waals surface area contributed by atoms with E-state index >= 15 is 4.39 Å². The highest BCUT2D eigenvalue weighted by molar-refractivity contribution is 5.89. The summed E-state index contributed by atoms with van der Waals surface area (Å²) in [5.74, 6) is -2.44. The number of carbonyl (C=O) groups is 1. The zero-order chi connectivity index (χ0) is 25.8. The third-order valence-electron chi connectivity index (χ3n) is 7.62. The van der Waals surface area contributed by atoms with Crippen LogP contribution in [0.2, 0.25) is 0 Å². The molecular weight excluding hydrogens is 481 g/mol. The van der Waals surface area contributed by atoms with Gasteiger partial charge in [-0.3, -0.25) is 4.79 Å². The van der Waals surface area contributed by atoms with Gasteiger partial charge in [-0.05, 0) is 42.7 Å². The number of hydrogen-bond donors (Lipinski definition) is 2. The van der Waals surface area contributed by atoms with Crippen molar-refractivity contribution in [2.45, 2.75) is 32.1 Å². The highest BCUT2D eigenvalue weighted by Crippen LogP contribution is 2.37. The summed E-state index contributed by atoms with van der Waals surface area (Å²) in [6.45, 7) is 3.60. The monoisotopic (exact) mass is 506 g/mol. The number of piperidine rings is 1. The molecule has 0 atom stereocenters. The molecule has 0 bridgehead atoms. The van der Waals surface area contributed by atoms with Gasteiger partial charge in [0.05, 0.1) is 22.0 Å². The van der Waals surface area contributed by atoms with Crippen LogP contribution < -0.4 is 10.2 Å². The lowest BCUT2D eigenvalue weighted by Gasteiger charge is -2.46. The van der Waals surface area contributed by atoms with Crippen molar-refractivity contribution in [3.8, 4) is 22.5 Å². The number of aromatic nitrogens is 4. The van der Waals surface area contributed by atoms with Crippen LogP contribution in [0.25, 0.3) is 33.5 Å². The number of imidazole rings is 1. The molecule has 1 amide bonds. The number of rotatable bonds is 5. The van der Waals surface area contributed by atoms with Crippen LogP contribution in [0.3, 0.4) is 0 Å². The Morgan fingerprint density at radius 1 is 1.05 bits per heavy atom. The second-order valence-electron chi connectivity index (χ2n) is 9.79. The number of anilines is 1. The van der Waals surface area contributed by atoms with E-state index in [1.54, 1.807) is 24.5 Å². The Bertz CT molecular complexity index is 1490. The van der Waals surface area contributed by atoms with Gasteiger partial charge in [-0.25, -0.2) is 28.1 Å². The topological polar surface area (TPSA) is 86.8 Å². The van der Waals surface area contributed by atoms with Gasteiger partial charge in [0, 0.05) is 49.6 Å². The lowest BCUT2D eigenvalue weighted by Crippen LogP contribution is -2.62. The van der Waals surface area contributed by atoms with E-state index in [1.807, 2.05) is 0 Å². The maximum absolute atomic E-state index is 15.1. The van der Waals surface area contributed by atoms with Crippen LogP contribution in [0.1, 0.15) is 31.7 Å². The van der Waals surface area contributed by atoms with Crippen LogP contribution in [0.5, 0.6) is 0 Å². The molecule has 1 spiro atoms. The number of fused-ring (bicyclic) bond motifs is 1. The number of hydrogen-bond acceptors (Lipinski definition) is 5. The Kier molecular flexibility index (Phi) is 5.43. The third kappa shape index (κ3) is 4.00. The van der Waals surface area contributed by atoms with Crippen molar-refractivity contribution in [3.63, 3.8) is 0 Å². The number of carbonyl (C=O) groups excluding carboxylic acids is 1. The molecule has 6 rings (SSSR count). The summed E-state index contributed by atoms with van der Waals surface area (Å²) in [6.07, 6.45) is 4.57. The molecule has 2 saturated heterocycles.